The molecule has 0 N–H and O–H groups in total. The van der Waals surface area contributed by atoms with Crippen molar-refractivity contribution in [1.29, 1.82) is 0 Å². The van der Waals surface area contributed by atoms with Gasteiger partial charge in [-0.1, -0.05) is 61.7 Å². The number of hydrogen-bond donors (Lipinski definition) is 0. The fourth-order valence-electron chi connectivity index (χ4n) is 4.34. The van der Waals surface area contributed by atoms with Crippen LogP contribution in [0.25, 0.3) is 0 Å². The van der Waals surface area contributed by atoms with Crippen LogP contribution in [0.15, 0.2) is 77.9 Å². The molecule has 0 spiro atoms. The van der Waals surface area contributed by atoms with Crippen molar-refractivity contribution in [2.75, 3.05) is 6.61 Å². The average molecular weight is 447 g/mol. The molecule has 3 aromatic rings. The van der Waals surface area contributed by atoms with Crippen molar-refractivity contribution in [2.24, 2.45) is 5.10 Å². The van der Waals surface area contributed by atoms with Gasteiger partial charge in [-0.2, -0.15) is 5.10 Å². The van der Waals surface area contributed by atoms with Gasteiger partial charge in [-0.3, -0.25) is 0 Å². The second-order valence-electron chi connectivity index (χ2n) is 8.29. The van der Waals surface area contributed by atoms with Crippen molar-refractivity contribution in [2.45, 2.75) is 44.9 Å². The highest BCUT2D eigenvalue weighted by atomic mass is 35.5. The zero-order valence-electron chi connectivity index (χ0n) is 18.2. The Kier molecular flexibility index (Phi) is 6.04. The van der Waals surface area contributed by atoms with Gasteiger partial charge in [-0.25, -0.2) is 5.01 Å². The molecule has 2 aliphatic heterocycles. The van der Waals surface area contributed by atoms with Gasteiger partial charge in [-0.15, -0.1) is 0 Å². The monoisotopic (exact) mass is 446 g/mol. The normalized spacial score (nSPS) is 19.1. The van der Waals surface area contributed by atoms with Gasteiger partial charge in [0.05, 0.1) is 18.4 Å². The van der Waals surface area contributed by atoms with E-state index in [4.69, 9.17) is 26.2 Å². The smallest absolute Gasteiger partial charge is 0.213 e. The van der Waals surface area contributed by atoms with Gasteiger partial charge < -0.3 is 9.47 Å². The number of benzene rings is 3. The number of hydrazone groups is 1. The second-order valence-corrected chi connectivity index (χ2v) is 8.72. The molecule has 5 rings (SSSR count). The minimum absolute atomic E-state index is 0.139. The van der Waals surface area contributed by atoms with E-state index in [0.29, 0.717) is 0 Å². The van der Waals surface area contributed by atoms with Crippen LogP contribution in [-0.2, 0) is 0 Å². The highest BCUT2D eigenvalue weighted by Gasteiger charge is 2.40. The summed E-state index contributed by atoms with van der Waals surface area (Å²) in [6.45, 7) is 2.95. The molecule has 2 aliphatic rings. The molecule has 5 heteroatoms. The Morgan fingerprint density at radius 1 is 1.00 bits per heavy atom. The zero-order chi connectivity index (χ0) is 21.9. The van der Waals surface area contributed by atoms with Crippen LogP contribution in [0.5, 0.6) is 11.5 Å². The summed E-state index contributed by atoms with van der Waals surface area (Å²) in [6, 6.07) is 24.5. The number of unbranched alkanes of at least 4 members (excludes halogenated alkanes) is 2. The molecule has 0 radical (unpaired) electrons. The summed E-state index contributed by atoms with van der Waals surface area (Å²) in [5.74, 6) is 1.82. The van der Waals surface area contributed by atoms with Gasteiger partial charge in [0.25, 0.3) is 0 Å². The predicted octanol–water partition coefficient (Wildman–Crippen LogP) is 7.15. The largest absolute Gasteiger partial charge is 0.494 e. The van der Waals surface area contributed by atoms with Crippen LogP contribution in [0.2, 0.25) is 5.02 Å². The molecule has 0 saturated heterocycles. The Bertz CT molecular complexity index is 1100. The maximum Gasteiger partial charge on any atom is 0.213 e. The Balaban J connectivity index is 1.42. The van der Waals surface area contributed by atoms with Crippen molar-refractivity contribution in [3.05, 3.63) is 94.5 Å². The highest BCUT2D eigenvalue weighted by Crippen LogP contribution is 2.47. The third kappa shape index (κ3) is 4.20. The number of hydrogen-bond acceptors (Lipinski definition) is 4. The van der Waals surface area contributed by atoms with Crippen LogP contribution in [-0.4, -0.2) is 17.3 Å². The van der Waals surface area contributed by atoms with E-state index >= 15 is 0 Å². The average Bonchev–Trinajstić information content (AvgIpc) is 3.28. The van der Waals surface area contributed by atoms with E-state index in [9.17, 15) is 0 Å². The maximum absolute atomic E-state index is 6.45. The van der Waals surface area contributed by atoms with Crippen LogP contribution in [0, 0.1) is 0 Å². The molecule has 164 valence electrons. The molecule has 32 heavy (non-hydrogen) atoms. The lowest BCUT2D eigenvalue weighted by Crippen LogP contribution is -2.33. The summed E-state index contributed by atoms with van der Waals surface area (Å²) in [5.41, 5.74) is 4.38. The van der Waals surface area contributed by atoms with Crippen LogP contribution in [0.1, 0.15) is 61.6 Å². The molecule has 4 nitrogen and oxygen atoms in total. The Hall–Kier alpha value is -2.98. The van der Waals surface area contributed by atoms with Crippen LogP contribution in [0.4, 0.5) is 0 Å². The molecule has 0 saturated carbocycles. The molecular formula is C27H27ClN2O2. The molecule has 2 heterocycles. The molecule has 0 aliphatic carbocycles. The van der Waals surface area contributed by atoms with Crippen LogP contribution in [0.3, 0.4) is 0 Å². The number of halogens is 1. The van der Waals surface area contributed by atoms with Crippen LogP contribution < -0.4 is 9.47 Å². The number of nitrogens with zero attached hydrogens (tertiary/aromatic N) is 2. The lowest BCUT2D eigenvalue weighted by Gasteiger charge is -2.38. The van der Waals surface area contributed by atoms with Gasteiger partial charge >= 0.3 is 0 Å². The van der Waals surface area contributed by atoms with Gasteiger partial charge in [0.15, 0.2) is 0 Å². The first kappa shape index (κ1) is 20.9. The summed E-state index contributed by atoms with van der Waals surface area (Å²) < 4.78 is 12.3. The lowest BCUT2D eigenvalue weighted by atomic mass is 9.96. The Morgan fingerprint density at radius 3 is 2.56 bits per heavy atom. The molecular weight excluding hydrogens is 420 g/mol. The van der Waals surface area contributed by atoms with Crippen molar-refractivity contribution < 1.29 is 9.47 Å². The van der Waals surface area contributed by atoms with Crippen LogP contribution >= 0.6 is 11.6 Å². The quantitative estimate of drug-likeness (QED) is 0.361. The zero-order valence-corrected chi connectivity index (χ0v) is 19.0. The van der Waals surface area contributed by atoms with E-state index in [2.05, 4.69) is 36.2 Å². The summed E-state index contributed by atoms with van der Waals surface area (Å²) >= 11 is 6.09. The topological polar surface area (TPSA) is 34.1 Å². The molecule has 0 unspecified atom stereocenters. The van der Waals surface area contributed by atoms with Gasteiger partial charge in [0.1, 0.15) is 11.5 Å². The van der Waals surface area contributed by atoms with Crippen molar-refractivity contribution >= 4 is 17.3 Å². The van der Waals surface area contributed by atoms with Gasteiger partial charge in [-0.05, 0) is 54.4 Å². The second kappa shape index (κ2) is 9.25. The predicted molar refractivity (Wildman–Crippen MR) is 128 cm³/mol. The summed E-state index contributed by atoms with van der Waals surface area (Å²) in [5, 5.41) is 7.84. The minimum atomic E-state index is -0.283. The fourth-order valence-corrected chi connectivity index (χ4v) is 4.47. The van der Waals surface area contributed by atoms with E-state index in [1.54, 1.807) is 0 Å². The van der Waals surface area contributed by atoms with Crippen molar-refractivity contribution in [3.63, 3.8) is 0 Å². The lowest BCUT2D eigenvalue weighted by molar-refractivity contribution is -0.0190. The Labute approximate surface area is 194 Å². The Morgan fingerprint density at radius 2 is 1.78 bits per heavy atom. The van der Waals surface area contributed by atoms with E-state index in [1.165, 1.54) is 18.4 Å². The summed E-state index contributed by atoms with van der Waals surface area (Å²) in [7, 11) is 0. The molecule has 0 bridgehead atoms. The van der Waals surface area contributed by atoms with Crippen molar-refractivity contribution in [1.82, 2.24) is 5.01 Å². The van der Waals surface area contributed by atoms with E-state index in [1.807, 2.05) is 48.5 Å². The minimum Gasteiger partial charge on any atom is -0.494 e. The molecule has 0 fully saturated rings. The van der Waals surface area contributed by atoms with E-state index in [0.717, 1.165) is 52.8 Å². The number of fused-ring (bicyclic) bond motifs is 3. The number of para-hydroxylation sites is 1. The SMILES string of the molecule is CCCCCOc1ccc([C@@H]2Oc3ccccc3[C@H]3CC(c4ccc(Cl)cc4)=NN32)cc1. The first-order valence-electron chi connectivity index (χ1n) is 11.3. The van der Waals surface area contributed by atoms with Gasteiger partial charge in [0, 0.05) is 22.6 Å². The molecule has 0 amide bonds. The van der Waals surface area contributed by atoms with Gasteiger partial charge in [0.2, 0.25) is 6.23 Å². The standard InChI is InChI=1S/C27H27ClN2O2/c1-2-3-6-17-31-22-15-11-20(12-16-22)27-30-25(23-7-4-5-8-26(23)32-27)18-24(29-30)19-9-13-21(28)14-10-19/h4-5,7-16,25,27H,2-3,6,17-18H2,1H3/t25-,27+/m1/s1. The molecule has 0 aromatic heterocycles. The number of rotatable bonds is 7. The summed E-state index contributed by atoms with van der Waals surface area (Å²) in [6.07, 6.45) is 4.01. The summed E-state index contributed by atoms with van der Waals surface area (Å²) in [4.78, 5) is 0. The first-order valence-corrected chi connectivity index (χ1v) is 11.7. The maximum atomic E-state index is 6.45. The number of ether oxygens (including phenoxy) is 2. The molecule has 2 atom stereocenters. The van der Waals surface area contributed by atoms with E-state index < -0.39 is 0 Å². The first-order chi connectivity index (χ1) is 15.7. The third-order valence-corrected chi connectivity index (χ3v) is 6.31. The fraction of sp³-hybridized carbons (Fsp3) is 0.296. The van der Waals surface area contributed by atoms with E-state index in [-0.39, 0.29) is 12.3 Å². The third-order valence-electron chi connectivity index (χ3n) is 6.06. The molecule has 3 aromatic carbocycles. The van der Waals surface area contributed by atoms with Crippen molar-refractivity contribution in [3.8, 4) is 11.5 Å². The highest BCUT2D eigenvalue weighted by molar-refractivity contribution is 6.30.